The molecule has 0 aromatic heterocycles. The van der Waals surface area contributed by atoms with Gasteiger partial charge in [0.2, 0.25) is 0 Å². The maximum Gasteiger partial charge on any atom is 0.0461 e. The first-order valence-electron chi connectivity index (χ1n) is 8.85. The highest BCUT2D eigenvalue weighted by atomic mass is 15.1. The van der Waals surface area contributed by atoms with Crippen molar-refractivity contribution in [2.45, 2.75) is 46.5 Å². The molecule has 0 bridgehead atoms. The van der Waals surface area contributed by atoms with Gasteiger partial charge in [-0.1, -0.05) is 63.3 Å². The minimum atomic E-state index is 1.01. The number of unbranched alkanes of at least 4 members (excludes halogenated alkanes) is 2. The van der Waals surface area contributed by atoms with Crippen LogP contribution in [0.1, 0.15) is 45.6 Å². The van der Waals surface area contributed by atoms with Crippen LogP contribution in [0.4, 0.5) is 5.69 Å². The van der Waals surface area contributed by atoms with E-state index in [9.17, 15) is 0 Å². The molecule has 24 heavy (non-hydrogen) atoms. The maximum atomic E-state index is 3.96. The second kappa shape index (κ2) is 11.3. The van der Waals surface area contributed by atoms with Crippen molar-refractivity contribution in [2.75, 3.05) is 4.90 Å². The maximum absolute atomic E-state index is 3.96. The van der Waals surface area contributed by atoms with Gasteiger partial charge in [0, 0.05) is 17.1 Å². The summed E-state index contributed by atoms with van der Waals surface area (Å²) in [7, 11) is 0. The van der Waals surface area contributed by atoms with Crippen molar-refractivity contribution in [2.24, 2.45) is 0 Å². The minimum Gasteiger partial charge on any atom is -0.311 e. The number of nitrogens with zero attached hydrogens (tertiary/aromatic N) is 1. The standard InChI is InChI=1S/C23H31N/c1-6-11-12-15-20-16-18-23(19-17-20)24(21(9-4)13-7-2)22(10-5)14-8-3/h7-10,13-14,16-19H,2,4,6,11-12,15H2,1,3,5H3/b14-8-,21-13+,22-10+. The van der Waals surface area contributed by atoms with E-state index >= 15 is 0 Å². The molecule has 0 saturated heterocycles. The van der Waals surface area contributed by atoms with E-state index in [0.717, 1.165) is 23.5 Å². The Balaban J connectivity index is 3.17. The lowest BCUT2D eigenvalue weighted by atomic mass is 10.1. The van der Waals surface area contributed by atoms with Gasteiger partial charge in [0.05, 0.1) is 0 Å². The third-order valence-corrected chi connectivity index (χ3v) is 3.91. The lowest BCUT2D eigenvalue weighted by Gasteiger charge is -2.27. The van der Waals surface area contributed by atoms with Crippen molar-refractivity contribution in [3.63, 3.8) is 0 Å². The van der Waals surface area contributed by atoms with Gasteiger partial charge in [0.1, 0.15) is 0 Å². The first-order valence-corrected chi connectivity index (χ1v) is 8.85. The van der Waals surface area contributed by atoms with Gasteiger partial charge >= 0.3 is 0 Å². The zero-order valence-electron chi connectivity index (χ0n) is 15.5. The van der Waals surface area contributed by atoms with Gasteiger partial charge in [0.15, 0.2) is 0 Å². The molecule has 0 heterocycles. The molecule has 1 aromatic carbocycles. The zero-order valence-corrected chi connectivity index (χ0v) is 15.5. The summed E-state index contributed by atoms with van der Waals surface area (Å²) in [5.74, 6) is 0. The summed E-state index contributed by atoms with van der Waals surface area (Å²) in [6.45, 7) is 14.1. The summed E-state index contributed by atoms with van der Waals surface area (Å²) in [4.78, 5) is 2.20. The summed E-state index contributed by atoms with van der Waals surface area (Å²) in [6.07, 6.45) is 16.9. The van der Waals surface area contributed by atoms with Gasteiger partial charge < -0.3 is 4.90 Å². The molecule has 1 heteroatoms. The highest BCUT2D eigenvalue weighted by Gasteiger charge is 2.12. The van der Waals surface area contributed by atoms with E-state index in [2.05, 4.69) is 74.4 Å². The molecule has 0 saturated carbocycles. The molecule has 0 radical (unpaired) electrons. The van der Waals surface area contributed by atoms with Crippen molar-refractivity contribution in [3.05, 3.63) is 90.8 Å². The number of hydrogen-bond acceptors (Lipinski definition) is 1. The molecule has 128 valence electrons. The first kappa shape index (κ1) is 19.8. The number of rotatable bonds is 10. The van der Waals surface area contributed by atoms with E-state index in [1.165, 1.54) is 24.8 Å². The first-order chi connectivity index (χ1) is 11.7. The van der Waals surface area contributed by atoms with Crippen molar-refractivity contribution >= 4 is 5.69 Å². The molecule has 1 aromatic rings. The topological polar surface area (TPSA) is 3.24 Å². The van der Waals surface area contributed by atoms with Crippen LogP contribution < -0.4 is 4.90 Å². The van der Waals surface area contributed by atoms with Crippen LogP contribution in [-0.2, 0) is 6.42 Å². The van der Waals surface area contributed by atoms with Crippen LogP contribution in [0.25, 0.3) is 0 Å². The van der Waals surface area contributed by atoms with Crippen molar-refractivity contribution in [1.29, 1.82) is 0 Å². The largest absolute Gasteiger partial charge is 0.311 e. The Bertz CT molecular complexity index is 599. The lowest BCUT2D eigenvalue weighted by Crippen LogP contribution is -2.19. The molecular weight excluding hydrogens is 290 g/mol. The Morgan fingerprint density at radius 1 is 1.04 bits per heavy atom. The summed E-state index contributed by atoms with van der Waals surface area (Å²) in [5, 5.41) is 0. The Kier molecular flexibility index (Phi) is 9.29. The number of benzene rings is 1. The number of hydrogen-bond donors (Lipinski definition) is 0. The molecule has 0 amide bonds. The summed E-state index contributed by atoms with van der Waals surface area (Å²) in [5.41, 5.74) is 4.65. The van der Waals surface area contributed by atoms with Gasteiger partial charge in [0.25, 0.3) is 0 Å². The highest BCUT2D eigenvalue weighted by molar-refractivity contribution is 5.63. The molecule has 0 N–H and O–H groups in total. The molecule has 0 atom stereocenters. The van der Waals surface area contributed by atoms with Crippen LogP contribution in [0.2, 0.25) is 0 Å². The summed E-state index contributed by atoms with van der Waals surface area (Å²) >= 11 is 0. The van der Waals surface area contributed by atoms with Crippen molar-refractivity contribution in [1.82, 2.24) is 0 Å². The fourth-order valence-corrected chi connectivity index (χ4v) is 2.66. The van der Waals surface area contributed by atoms with Crippen LogP contribution in [-0.4, -0.2) is 0 Å². The van der Waals surface area contributed by atoms with E-state index < -0.39 is 0 Å². The Morgan fingerprint density at radius 2 is 1.75 bits per heavy atom. The minimum absolute atomic E-state index is 1.01. The fourth-order valence-electron chi connectivity index (χ4n) is 2.66. The Hall–Kier alpha value is -2.28. The van der Waals surface area contributed by atoms with Crippen LogP contribution in [0.5, 0.6) is 0 Å². The molecule has 0 spiro atoms. The molecule has 0 aliphatic rings. The van der Waals surface area contributed by atoms with Crippen LogP contribution in [0.15, 0.2) is 85.3 Å². The third kappa shape index (κ3) is 5.73. The SMILES string of the molecule is C=C/C=C(\C=C)N(C(/C=C\C)=C/C)c1ccc(CCCCC)cc1. The number of aryl methyl sites for hydroxylation is 1. The van der Waals surface area contributed by atoms with Gasteiger partial charge in [-0.15, -0.1) is 0 Å². The number of allylic oxidation sites excluding steroid dienone is 6. The average molecular weight is 322 g/mol. The second-order valence-electron chi connectivity index (χ2n) is 5.70. The second-order valence-corrected chi connectivity index (χ2v) is 5.70. The van der Waals surface area contributed by atoms with E-state index in [0.29, 0.717) is 0 Å². The molecule has 0 aliphatic carbocycles. The smallest absolute Gasteiger partial charge is 0.0461 e. The van der Waals surface area contributed by atoms with Gasteiger partial charge in [-0.25, -0.2) is 0 Å². The summed E-state index contributed by atoms with van der Waals surface area (Å²) in [6, 6.07) is 8.84. The van der Waals surface area contributed by atoms with Gasteiger partial charge in [-0.2, -0.15) is 0 Å². The molecule has 0 fully saturated rings. The van der Waals surface area contributed by atoms with Gasteiger partial charge in [-0.3, -0.25) is 0 Å². The van der Waals surface area contributed by atoms with Crippen molar-refractivity contribution in [3.8, 4) is 0 Å². The van der Waals surface area contributed by atoms with E-state index in [1.807, 2.05) is 19.1 Å². The molecule has 1 nitrogen and oxygen atoms in total. The highest BCUT2D eigenvalue weighted by Crippen LogP contribution is 2.27. The Labute approximate surface area is 148 Å². The van der Waals surface area contributed by atoms with E-state index in [4.69, 9.17) is 0 Å². The monoisotopic (exact) mass is 321 g/mol. The Morgan fingerprint density at radius 3 is 2.25 bits per heavy atom. The van der Waals surface area contributed by atoms with Crippen molar-refractivity contribution < 1.29 is 0 Å². The predicted octanol–water partition coefficient (Wildman–Crippen LogP) is 6.96. The number of anilines is 1. The fraction of sp³-hybridized carbons (Fsp3) is 0.304. The molecular formula is C23H31N. The average Bonchev–Trinajstić information content (AvgIpc) is 2.61. The zero-order chi connectivity index (χ0) is 17.8. The predicted molar refractivity (Wildman–Crippen MR) is 109 cm³/mol. The normalized spacial score (nSPS) is 12.5. The summed E-state index contributed by atoms with van der Waals surface area (Å²) < 4.78 is 0. The third-order valence-electron chi connectivity index (χ3n) is 3.91. The van der Waals surface area contributed by atoms with Gasteiger partial charge in [-0.05, 0) is 62.6 Å². The molecule has 0 unspecified atom stereocenters. The van der Waals surface area contributed by atoms with E-state index in [-0.39, 0.29) is 0 Å². The van der Waals surface area contributed by atoms with Crippen LogP contribution in [0.3, 0.4) is 0 Å². The molecule has 1 rings (SSSR count). The van der Waals surface area contributed by atoms with Crippen LogP contribution in [0, 0.1) is 0 Å². The van der Waals surface area contributed by atoms with Crippen LogP contribution >= 0.6 is 0 Å². The lowest BCUT2D eigenvalue weighted by molar-refractivity contribution is 0.717. The molecule has 0 aliphatic heterocycles. The van der Waals surface area contributed by atoms with E-state index in [1.54, 1.807) is 6.08 Å². The quantitative estimate of drug-likeness (QED) is 0.332.